The van der Waals surface area contributed by atoms with Gasteiger partial charge in [0.25, 0.3) is 0 Å². The molecule has 1 unspecified atom stereocenters. The van der Waals surface area contributed by atoms with Crippen molar-refractivity contribution in [1.82, 2.24) is 9.88 Å². The van der Waals surface area contributed by atoms with Crippen LogP contribution in [0.25, 0.3) is 6.08 Å². The van der Waals surface area contributed by atoms with Crippen molar-refractivity contribution in [3.8, 4) is 0 Å². The zero-order valence-corrected chi connectivity index (χ0v) is 14.6. The lowest BCUT2D eigenvalue weighted by Gasteiger charge is -2.31. The number of nitrogens with one attached hydrogen (secondary N) is 1. The van der Waals surface area contributed by atoms with Crippen molar-refractivity contribution in [2.24, 2.45) is 5.92 Å². The molecule has 0 saturated carbocycles. The van der Waals surface area contributed by atoms with Crippen LogP contribution in [0.3, 0.4) is 0 Å². The van der Waals surface area contributed by atoms with Crippen molar-refractivity contribution in [3.05, 3.63) is 53.0 Å². The molecule has 8 heteroatoms. The molecule has 1 aromatic heterocycles. The fourth-order valence-electron chi connectivity index (χ4n) is 2.81. The number of halogens is 2. The Kier molecular flexibility index (Phi) is 5.72. The Bertz CT molecular complexity index is 804. The third kappa shape index (κ3) is 4.32. The lowest BCUT2D eigenvalue weighted by molar-refractivity contribution is -0.130. The molecule has 3 rings (SSSR count). The topological polar surface area (TPSA) is 62.3 Å². The van der Waals surface area contributed by atoms with Crippen LogP contribution < -0.4 is 5.32 Å². The Labute approximate surface area is 153 Å². The van der Waals surface area contributed by atoms with E-state index in [2.05, 4.69) is 10.3 Å². The van der Waals surface area contributed by atoms with Gasteiger partial charge < -0.3 is 10.2 Å². The van der Waals surface area contributed by atoms with E-state index >= 15 is 0 Å². The molecule has 1 saturated heterocycles. The van der Waals surface area contributed by atoms with Crippen molar-refractivity contribution in [2.45, 2.75) is 12.8 Å². The van der Waals surface area contributed by atoms with Gasteiger partial charge in [-0.3, -0.25) is 9.59 Å². The maximum atomic E-state index is 13.6. The highest BCUT2D eigenvalue weighted by Crippen LogP contribution is 2.20. The summed E-state index contributed by atoms with van der Waals surface area (Å²) in [6, 6.07) is 3.53. The number of piperidine rings is 1. The van der Waals surface area contributed by atoms with Crippen molar-refractivity contribution in [3.63, 3.8) is 0 Å². The molecule has 26 heavy (non-hydrogen) atoms. The molecule has 0 aliphatic carbocycles. The van der Waals surface area contributed by atoms with Gasteiger partial charge in [0.1, 0.15) is 11.6 Å². The molecule has 1 N–H and O–H groups in total. The summed E-state index contributed by atoms with van der Waals surface area (Å²) in [6.45, 7) is 0.768. The van der Waals surface area contributed by atoms with E-state index in [4.69, 9.17) is 0 Å². The molecule has 2 heterocycles. The maximum absolute atomic E-state index is 13.6. The van der Waals surface area contributed by atoms with E-state index in [0.717, 1.165) is 24.3 Å². The first kappa shape index (κ1) is 18.2. The van der Waals surface area contributed by atoms with Crippen molar-refractivity contribution in [1.29, 1.82) is 0 Å². The summed E-state index contributed by atoms with van der Waals surface area (Å²) in [4.78, 5) is 30.2. The molecule has 2 aromatic rings. The molecule has 0 radical (unpaired) electrons. The van der Waals surface area contributed by atoms with E-state index < -0.39 is 11.6 Å². The first-order chi connectivity index (χ1) is 12.5. The highest BCUT2D eigenvalue weighted by molar-refractivity contribution is 7.13. The molecule has 0 bridgehead atoms. The van der Waals surface area contributed by atoms with Crippen LogP contribution >= 0.6 is 11.3 Å². The van der Waals surface area contributed by atoms with Gasteiger partial charge in [0.2, 0.25) is 11.8 Å². The zero-order valence-electron chi connectivity index (χ0n) is 13.8. The van der Waals surface area contributed by atoms with Crippen LogP contribution in [0.5, 0.6) is 0 Å². The van der Waals surface area contributed by atoms with Crippen molar-refractivity contribution in [2.75, 3.05) is 18.4 Å². The number of rotatable bonds is 4. The van der Waals surface area contributed by atoms with Crippen LogP contribution in [0.15, 0.2) is 35.9 Å². The molecule has 1 aliphatic rings. The molecule has 1 aromatic carbocycles. The van der Waals surface area contributed by atoms with Gasteiger partial charge in [-0.25, -0.2) is 13.8 Å². The van der Waals surface area contributed by atoms with Crippen LogP contribution in [-0.4, -0.2) is 34.8 Å². The third-order valence-corrected chi connectivity index (χ3v) is 4.85. The highest BCUT2D eigenvalue weighted by Gasteiger charge is 2.28. The van der Waals surface area contributed by atoms with E-state index in [1.807, 2.05) is 0 Å². The standard InChI is InChI=1S/C18H17F2N3O2S/c19-14-4-1-5-15(20)13(14)6-7-16(24)23-9-2-3-12(11-23)17(25)22-18-21-8-10-26-18/h1,4-8,10,12H,2-3,9,11H2,(H,21,22,25). The summed E-state index contributed by atoms with van der Waals surface area (Å²) in [5.74, 6) is -2.35. The van der Waals surface area contributed by atoms with Crippen molar-refractivity contribution < 1.29 is 18.4 Å². The average Bonchev–Trinajstić information content (AvgIpc) is 3.14. The quantitative estimate of drug-likeness (QED) is 0.832. The number of anilines is 1. The van der Waals surface area contributed by atoms with Gasteiger partial charge in [0.15, 0.2) is 5.13 Å². The van der Waals surface area contributed by atoms with E-state index in [0.29, 0.717) is 24.5 Å². The summed E-state index contributed by atoms with van der Waals surface area (Å²) >= 11 is 1.32. The van der Waals surface area contributed by atoms with Gasteiger partial charge in [-0.15, -0.1) is 11.3 Å². The van der Waals surface area contributed by atoms with E-state index in [9.17, 15) is 18.4 Å². The van der Waals surface area contributed by atoms with Gasteiger partial charge in [0.05, 0.1) is 5.92 Å². The molecular weight excluding hydrogens is 360 g/mol. The molecule has 1 atom stereocenters. The van der Waals surface area contributed by atoms with Crippen molar-refractivity contribution >= 4 is 34.4 Å². The van der Waals surface area contributed by atoms with Crippen LogP contribution in [0, 0.1) is 17.6 Å². The number of likely N-dealkylation sites (tertiary alicyclic amines) is 1. The minimum atomic E-state index is -0.728. The first-order valence-corrected chi connectivity index (χ1v) is 9.04. The van der Waals surface area contributed by atoms with Gasteiger partial charge in [-0.2, -0.15) is 0 Å². The Hall–Kier alpha value is -2.61. The fraction of sp³-hybridized carbons (Fsp3) is 0.278. The molecule has 0 spiro atoms. The van der Waals surface area contributed by atoms with E-state index in [-0.39, 0.29) is 29.8 Å². The lowest BCUT2D eigenvalue weighted by atomic mass is 9.97. The molecule has 2 amide bonds. The smallest absolute Gasteiger partial charge is 0.246 e. The third-order valence-electron chi connectivity index (χ3n) is 4.16. The minimum absolute atomic E-state index is 0.179. The largest absolute Gasteiger partial charge is 0.338 e. The van der Waals surface area contributed by atoms with Gasteiger partial charge in [-0.1, -0.05) is 6.07 Å². The number of amides is 2. The lowest BCUT2D eigenvalue weighted by Crippen LogP contribution is -2.43. The summed E-state index contributed by atoms with van der Waals surface area (Å²) in [5.41, 5.74) is -0.254. The SMILES string of the molecule is O=C(Nc1nccs1)C1CCCN(C(=O)C=Cc2c(F)cccc2F)C1. The molecular formula is C18H17F2N3O2S. The predicted octanol–water partition coefficient (Wildman–Crippen LogP) is 3.31. The Morgan fingerprint density at radius 3 is 2.77 bits per heavy atom. The molecule has 5 nitrogen and oxygen atoms in total. The Morgan fingerprint density at radius 1 is 1.31 bits per heavy atom. The minimum Gasteiger partial charge on any atom is -0.338 e. The second-order valence-electron chi connectivity index (χ2n) is 5.92. The molecule has 1 fully saturated rings. The van der Waals surface area contributed by atoms with Crippen LogP contribution in [0.4, 0.5) is 13.9 Å². The Morgan fingerprint density at radius 2 is 2.08 bits per heavy atom. The number of carbonyl (C=O) groups is 2. The Balaban J connectivity index is 1.62. The zero-order chi connectivity index (χ0) is 18.5. The van der Waals surface area contributed by atoms with E-state index in [1.165, 1.54) is 22.3 Å². The summed E-state index contributed by atoms with van der Waals surface area (Å²) in [6.07, 6.45) is 5.23. The van der Waals surface area contributed by atoms with Gasteiger partial charge in [-0.05, 0) is 31.1 Å². The number of benzene rings is 1. The average molecular weight is 377 g/mol. The number of hydrogen-bond acceptors (Lipinski definition) is 4. The van der Waals surface area contributed by atoms with Gasteiger partial charge in [0, 0.05) is 36.3 Å². The number of nitrogens with zero attached hydrogens (tertiary/aromatic N) is 2. The molecule has 1 aliphatic heterocycles. The fourth-order valence-corrected chi connectivity index (χ4v) is 3.35. The van der Waals surface area contributed by atoms with E-state index in [1.54, 1.807) is 11.6 Å². The summed E-state index contributed by atoms with van der Waals surface area (Å²) < 4.78 is 27.2. The summed E-state index contributed by atoms with van der Waals surface area (Å²) in [7, 11) is 0. The number of aromatic nitrogens is 1. The highest BCUT2D eigenvalue weighted by atomic mass is 32.1. The van der Waals surface area contributed by atoms with Crippen LogP contribution in [0.2, 0.25) is 0 Å². The molecule has 136 valence electrons. The van der Waals surface area contributed by atoms with Gasteiger partial charge >= 0.3 is 0 Å². The van der Waals surface area contributed by atoms with Crippen LogP contribution in [-0.2, 0) is 9.59 Å². The maximum Gasteiger partial charge on any atom is 0.246 e. The second kappa shape index (κ2) is 8.18. The number of carbonyl (C=O) groups excluding carboxylic acids is 2. The monoisotopic (exact) mass is 377 g/mol. The number of hydrogen-bond donors (Lipinski definition) is 1. The second-order valence-corrected chi connectivity index (χ2v) is 6.81. The normalized spacial score (nSPS) is 17.5. The van der Waals surface area contributed by atoms with Crippen LogP contribution in [0.1, 0.15) is 18.4 Å². The summed E-state index contributed by atoms with van der Waals surface area (Å²) in [5, 5.41) is 5.02. The number of thiazole rings is 1. The first-order valence-electron chi connectivity index (χ1n) is 8.16. The predicted molar refractivity (Wildman–Crippen MR) is 95.4 cm³/mol.